The maximum atomic E-state index is 4.87. The first-order valence-electron chi connectivity index (χ1n) is 7.08. The van der Waals surface area contributed by atoms with Crippen molar-refractivity contribution in [2.75, 3.05) is 0 Å². The normalized spacial score (nSPS) is 62.4. The Hall–Kier alpha value is -0.400. The molecule has 0 aromatic carbocycles. The molecule has 2 heteroatoms. The second-order valence-corrected chi connectivity index (χ2v) is 6.95. The Bertz CT molecular complexity index is 377. The zero-order chi connectivity index (χ0) is 11.0. The second-order valence-electron chi connectivity index (χ2n) is 6.95. The van der Waals surface area contributed by atoms with Gasteiger partial charge < -0.3 is 0 Å². The van der Waals surface area contributed by atoms with Crippen LogP contribution in [0.15, 0.2) is 10.2 Å². The molecule has 5 atom stereocenters. The lowest BCUT2D eigenvalue weighted by Crippen LogP contribution is -2.50. The van der Waals surface area contributed by atoms with Gasteiger partial charge in [0.15, 0.2) is 0 Å². The third-order valence-corrected chi connectivity index (χ3v) is 6.84. The predicted octanol–water partition coefficient (Wildman–Crippen LogP) is 3.96. The fourth-order valence-corrected chi connectivity index (χ4v) is 5.88. The molecule has 0 aromatic heterocycles. The molecule has 1 aliphatic heterocycles. The topological polar surface area (TPSA) is 24.7 Å². The van der Waals surface area contributed by atoms with Crippen LogP contribution in [-0.4, -0.2) is 11.1 Å². The van der Waals surface area contributed by atoms with E-state index < -0.39 is 0 Å². The summed E-state index contributed by atoms with van der Waals surface area (Å²) in [7, 11) is 0. The van der Waals surface area contributed by atoms with Gasteiger partial charge in [-0.05, 0) is 44.4 Å². The van der Waals surface area contributed by atoms with Crippen LogP contribution in [0.3, 0.4) is 0 Å². The van der Waals surface area contributed by atoms with E-state index >= 15 is 0 Å². The molecule has 88 valence electrons. The minimum atomic E-state index is 0.189. The summed E-state index contributed by atoms with van der Waals surface area (Å²) in [4.78, 5) is 0. The molecule has 1 heterocycles. The van der Waals surface area contributed by atoms with Gasteiger partial charge in [0.05, 0.1) is 11.1 Å². The van der Waals surface area contributed by atoms with Gasteiger partial charge in [-0.15, -0.1) is 0 Å². The monoisotopic (exact) mass is 218 g/mol. The Morgan fingerprint density at radius 2 is 1.62 bits per heavy atom. The SMILES string of the molecule is C[C@]12CCCC[C@@]13N=N[C@]2(C)[C@@H]1CCC[C@@H]13. The highest BCUT2D eigenvalue weighted by Crippen LogP contribution is 2.74. The van der Waals surface area contributed by atoms with Crippen molar-refractivity contribution >= 4 is 0 Å². The van der Waals surface area contributed by atoms with Crippen molar-refractivity contribution in [3.63, 3.8) is 0 Å². The molecule has 2 nitrogen and oxygen atoms in total. The molecule has 0 unspecified atom stereocenters. The number of azo groups is 1. The van der Waals surface area contributed by atoms with Gasteiger partial charge in [0.2, 0.25) is 0 Å². The molecule has 0 radical (unpaired) electrons. The van der Waals surface area contributed by atoms with Crippen LogP contribution in [0, 0.1) is 17.3 Å². The van der Waals surface area contributed by atoms with E-state index in [0.717, 1.165) is 11.8 Å². The highest BCUT2D eigenvalue weighted by Gasteiger charge is 2.76. The smallest absolute Gasteiger partial charge is 0.0924 e. The number of hydrogen-bond acceptors (Lipinski definition) is 2. The lowest BCUT2D eigenvalue weighted by molar-refractivity contribution is 0.0747. The Kier molecular flexibility index (Phi) is 1.53. The van der Waals surface area contributed by atoms with Crippen LogP contribution in [0.25, 0.3) is 0 Å². The lowest BCUT2D eigenvalue weighted by atomic mass is 9.58. The summed E-state index contributed by atoms with van der Waals surface area (Å²) in [6.07, 6.45) is 9.74. The third-order valence-electron chi connectivity index (χ3n) is 6.84. The van der Waals surface area contributed by atoms with Crippen molar-refractivity contribution in [3.05, 3.63) is 0 Å². The van der Waals surface area contributed by atoms with Gasteiger partial charge in [0.1, 0.15) is 0 Å². The van der Waals surface area contributed by atoms with Crippen LogP contribution in [0.4, 0.5) is 0 Å². The maximum Gasteiger partial charge on any atom is 0.0924 e. The Balaban J connectivity index is 1.93. The molecule has 3 fully saturated rings. The number of nitrogens with zero attached hydrogens (tertiary/aromatic N) is 2. The first-order valence-corrected chi connectivity index (χ1v) is 7.08. The van der Waals surface area contributed by atoms with Crippen LogP contribution in [0.2, 0.25) is 0 Å². The minimum absolute atomic E-state index is 0.189. The Labute approximate surface area is 97.9 Å². The highest BCUT2D eigenvalue weighted by atomic mass is 15.3. The van der Waals surface area contributed by atoms with Crippen molar-refractivity contribution in [3.8, 4) is 0 Å². The molecule has 3 saturated carbocycles. The fourth-order valence-electron chi connectivity index (χ4n) is 5.88. The summed E-state index contributed by atoms with van der Waals surface area (Å²) in [5.74, 6) is 1.73. The average molecular weight is 218 g/mol. The van der Waals surface area contributed by atoms with Crippen molar-refractivity contribution in [2.24, 2.45) is 27.5 Å². The average Bonchev–Trinajstić information content (AvgIpc) is 2.87. The molecule has 16 heavy (non-hydrogen) atoms. The molecule has 0 aromatic rings. The van der Waals surface area contributed by atoms with E-state index in [1.165, 1.54) is 44.9 Å². The Morgan fingerprint density at radius 1 is 0.875 bits per heavy atom. The van der Waals surface area contributed by atoms with E-state index in [0.29, 0.717) is 5.41 Å². The summed E-state index contributed by atoms with van der Waals surface area (Å²) in [6, 6.07) is 0. The van der Waals surface area contributed by atoms with Crippen molar-refractivity contribution in [1.82, 2.24) is 0 Å². The summed E-state index contributed by atoms with van der Waals surface area (Å²) >= 11 is 0. The van der Waals surface area contributed by atoms with Gasteiger partial charge in [0, 0.05) is 5.41 Å². The van der Waals surface area contributed by atoms with Crippen molar-refractivity contribution < 1.29 is 0 Å². The summed E-state index contributed by atoms with van der Waals surface area (Å²) in [6.45, 7) is 4.92. The van der Waals surface area contributed by atoms with Crippen LogP contribution < -0.4 is 0 Å². The molecule has 3 aliphatic carbocycles. The van der Waals surface area contributed by atoms with Crippen molar-refractivity contribution in [1.29, 1.82) is 0 Å². The van der Waals surface area contributed by atoms with Crippen LogP contribution >= 0.6 is 0 Å². The molecule has 4 aliphatic rings. The lowest BCUT2D eigenvalue weighted by Gasteiger charge is -2.46. The van der Waals surface area contributed by atoms with Crippen LogP contribution in [0.5, 0.6) is 0 Å². The summed E-state index contributed by atoms with van der Waals surface area (Å²) in [5.41, 5.74) is 0.851. The number of hydrogen-bond donors (Lipinski definition) is 0. The van der Waals surface area contributed by atoms with Crippen LogP contribution in [0.1, 0.15) is 58.8 Å². The van der Waals surface area contributed by atoms with E-state index in [-0.39, 0.29) is 11.1 Å². The molecule has 2 bridgehead atoms. The van der Waals surface area contributed by atoms with Gasteiger partial charge in [-0.3, -0.25) is 0 Å². The molecule has 4 rings (SSSR count). The summed E-state index contributed by atoms with van der Waals surface area (Å²) in [5, 5.41) is 9.68. The molecular formula is C14H22N2. The molecular weight excluding hydrogens is 196 g/mol. The predicted molar refractivity (Wildman–Crippen MR) is 63.4 cm³/mol. The van der Waals surface area contributed by atoms with E-state index in [2.05, 4.69) is 13.8 Å². The maximum absolute atomic E-state index is 4.87. The standard InChI is InChI=1S/C14H22N2/c1-12-8-3-4-9-14(12)11-7-5-6-10(11)13(12,2)15-16-14/h10-11H,3-9H2,1-2H3/t10-,11+,12-,13-,14+/m1/s1. The molecule has 0 saturated heterocycles. The molecule has 0 amide bonds. The van der Waals surface area contributed by atoms with Crippen molar-refractivity contribution in [2.45, 2.75) is 69.9 Å². The molecule has 0 N–H and O–H groups in total. The first kappa shape index (κ1) is 9.61. The van der Waals surface area contributed by atoms with Gasteiger partial charge >= 0.3 is 0 Å². The largest absolute Gasteiger partial charge is 0.186 e. The van der Waals surface area contributed by atoms with Gasteiger partial charge in [-0.25, -0.2) is 0 Å². The van der Waals surface area contributed by atoms with E-state index in [4.69, 9.17) is 10.2 Å². The number of rotatable bonds is 0. The van der Waals surface area contributed by atoms with Gasteiger partial charge in [0.25, 0.3) is 0 Å². The van der Waals surface area contributed by atoms with Gasteiger partial charge in [-0.2, -0.15) is 10.2 Å². The molecule has 0 spiro atoms. The van der Waals surface area contributed by atoms with Gasteiger partial charge in [-0.1, -0.05) is 26.2 Å². The van der Waals surface area contributed by atoms with Crippen LogP contribution in [-0.2, 0) is 0 Å². The number of fused-ring (bicyclic) bond motifs is 2. The third kappa shape index (κ3) is 0.698. The van der Waals surface area contributed by atoms with E-state index in [9.17, 15) is 0 Å². The zero-order valence-electron chi connectivity index (χ0n) is 10.5. The van der Waals surface area contributed by atoms with E-state index in [1.807, 2.05) is 0 Å². The zero-order valence-corrected chi connectivity index (χ0v) is 10.5. The van der Waals surface area contributed by atoms with E-state index in [1.54, 1.807) is 0 Å². The second kappa shape index (κ2) is 2.54. The highest BCUT2D eigenvalue weighted by molar-refractivity contribution is 5.30. The Morgan fingerprint density at radius 3 is 2.50 bits per heavy atom. The fraction of sp³-hybridized carbons (Fsp3) is 1.00. The first-order chi connectivity index (χ1) is 7.64. The minimum Gasteiger partial charge on any atom is -0.186 e. The quantitative estimate of drug-likeness (QED) is 0.588. The summed E-state index contributed by atoms with van der Waals surface area (Å²) < 4.78 is 0.